The van der Waals surface area contributed by atoms with E-state index in [-0.39, 0.29) is 0 Å². The summed E-state index contributed by atoms with van der Waals surface area (Å²) < 4.78 is 13.2. The minimum Gasteiger partial charge on any atom is -0.330 e. The number of rotatable bonds is 6. The van der Waals surface area contributed by atoms with Gasteiger partial charge in [-0.15, -0.1) is 0 Å². The lowest BCUT2D eigenvalue weighted by atomic mass is 10.5. The summed E-state index contributed by atoms with van der Waals surface area (Å²) in [7, 11) is -0.912. The molecule has 0 bridgehead atoms. The highest BCUT2D eigenvalue weighted by atomic mass is 32.2. The van der Waals surface area contributed by atoms with Crippen molar-refractivity contribution >= 4 is 10.8 Å². The monoisotopic (exact) mass is 216 g/mol. The number of hydrogen-bond acceptors (Lipinski definition) is 4. The van der Waals surface area contributed by atoms with E-state index < -0.39 is 10.8 Å². The first kappa shape index (κ1) is 11.3. The van der Waals surface area contributed by atoms with Crippen molar-refractivity contribution in [3.63, 3.8) is 0 Å². The largest absolute Gasteiger partial charge is 0.330 e. The highest BCUT2D eigenvalue weighted by molar-refractivity contribution is 7.84. The third-order valence-corrected chi connectivity index (χ3v) is 3.04. The third kappa shape index (κ3) is 3.19. The molecule has 1 aromatic rings. The van der Waals surface area contributed by atoms with E-state index in [0.29, 0.717) is 18.1 Å². The summed E-state index contributed by atoms with van der Waals surface area (Å²) >= 11 is 0. The van der Waals surface area contributed by atoms with E-state index in [1.165, 1.54) is 6.33 Å². The van der Waals surface area contributed by atoms with Crippen molar-refractivity contribution in [2.24, 2.45) is 5.73 Å². The van der Waals surface area contributed by atoms with Crippen LogP contribution in [0.2, 0.25) is 0 Å². The van der Waals surface area contributed by atoms with E-state index in [1.54, 1.807) is 4.68 Å². The van der Waals surface area contributed by atoms with Crippen molar-refractivity contribution in [1.82, 2.24) is 14.8 Å². The minimum atomic E-state index is -0.912. The molecule has 1 heterocycles. The Morgan fingerprint density at radius 1 is 1.64 bits per heavy atom. The topological polar surface area (TPSA) is 73.8 Å². The van der Waals surface area contributed by atoms with Gasteiger partial charge < -0.3 is 5.73 Å². The summed E-state index contributed by atoms with van der Waals surface area (Å²) in [6.45, 7) is 3.35. The van der Waals surface area contributed by atoms with Crippen LogP contribution in [-0.4, -0.2) is 31.3 Å². The maximum absolute atomic E-state index is 11.4. The standard InChI is InChI=1S/C8H16N4OS/c1-2-4-12-8(10-7-11-12)6-14(13)5-3-9/h7H,2-6,9H2,1H3. The molecule has 14 heavy (non-hydrogen) atoms. The maximum Gasteiger partial charge on any atom is 0.139 e. The quantitative estimate of drug-likeness (QED) is 0.720. The van der Waals surface area contributed by atoms with Crippen LogP contribution in [0.3, 0.4) is 0 Å². The second kappa shape index (κ2) is 5.87. The Balaban J connectivity index is 2.56. The van der Waals surface area contributed by atoms with E-state index >= 15 is 0 Å². The highest BCUT2D eigenvalue weighted by Gasteiger charge is 2.07. The molecule has 0 spiro atoms. The van der Waals surface area contributed by atoms with Gasteiger partial charge in [-0.3, -0.25) is 4.21 Å². The second-order valence-corrected chi connectivity index (χ2v) is 4.55. The number of hydrogen-bond donors (Lipinski definition) is 1. The van der Waals surface area contributed by atoms with E-state index in [2.05, 4.69) is 17.0 Å². The van der Waals surface area contributed by atoms with Gasteiger partial charge >= 0.3 is 0 Å². The zero-order chi connectivity index (χ0) is 10.4. The molecule has 1 unspecified atom stereocenters. The number of aryl methyl sites for hydroxylation is 1. The van der Waals surface area contributed by atoms with Gasteiger partial charge in [-0.2, -0.15) is 5.10 Å². The lowest BCUT2D eigenvalue weighted by Gasteiger charge is -2.03. The van der Waals surface area contributed by atoms with Gasteiger partial charge in [0.2, 0.25) is 0 Å². The number of nitrogens with zero attached hydrogens (tertiary/aromatic N) is 3. The Morgan fingerprint density at radius 3 is 3.07 bits per heavy atom. The Morgan fingerprint density at radius 2 is 2.43 bits per heavy atom. The molecule has 0 radical (unpaired) electrons. The van der Waals surface area contributed by atoms with E-state index in [0.717, 1.165) is 18.8 Å². The van der Waals surface area contributed by atoms with Crippen LogP contribution in [0.1, 0.15) is 19.2 Å². The molecule has 2 N–H and O–H groups in total. The van der Waals surface area contributed by atoms with Crippen LogP contribution in [0.25, 0.3) is 0 Å². The Kier molecular flexibility index (Phi) is 4.75. The van der Waals surface area contributed by atoms with Crippen LogP contribution in [-0.2, 0) is 23.1 Å². The lowest BCUT2D eigenvalue weighted by Crippen LogP contribution is -2.14. The fraction of sp³-hybridized carbons (Fsp3) is 0.750. The third-order valence-electron chi connectivity index (χ3n) is 1.77. The average Bonchev–Trinajstić information content (AvgIpc) is 2.54. The molecule has 0 saturated heterocycles. The van der Waals surface area contributed by atoms with Crippen molar-refractivity contribution in [3.05, 3.63) is 12.2 Å². The fourth-order valence-corrected chi connectivity index (χ4v) is 2.06. The van der Waals surface area contributed by atoms with Gasteiger partial charge in [0.25, 0.3) is 0 Å². The molecule has 0 saturated carbocycles. The van der Waals surface area contributed by atoms with E-state index in [4.69, 9.17) is 5.73 Å². The van der Waals surface area contributed by atoms with Crippen molar-refractivity contribution in [3.8, 4) is 0 Å². The van der Waals surface area contributed by atoms with Gasteiger partial charge in [0, 0.05) is 29.6 Å². The van der Waals surface area contributed by atoms with E-state index in [9.17, 15) is 4.21 Å². The number of nitrogens with two attached hydrogens (primary N) is 1. The molecular formula is C8H16N4OS. The molecule has 5 nitrogen and oxygen atoms in total. The average molecular weight is 216 g/mol. The smallest absolute Gasteiger partial charge is 0.139 e. The summed E-state index contributed by atoms with van der Waals surface area (Å²) in [4.78, 5) is 4.08. The molecule has 6 heteroatoms. The zero-order valence-electron chi connectivity index (χ0n) is 8.35. The first-order chi connectivity index (χ1) is 6.77. The summed E-state index contributed by atoms with van der Waals surface area (Å²) in [6.07, 6.45) is 2.50. The Bertz CT molecular complexity index is 299. The molecule has 1 rings (SSSR count). The first-order valence-electron chi connectivity index (χ1n) is 4.69. The van der Waals surface area contributed by atoms with Gasteiger partial charge in [0.05, 0.1) is 5.75 Å². The van der Waals surface area contributed by atoms with E-state index in [1.807, 2.05) is 0 Å². The van der Waals surface area contributed by atoms with Gasteiger partial charge in [-0.25, -0.2) is 9.67 Å². The van der Waals surface area contributed by atoms with Crippen LogP contribution in [0.15, 0.2) is 6.33 Å². The molecule has 0 aliphatic carbocycles. The maximum atomic E-state index is 11.4. The molecule has 0 aliphatic heterocycles. The normalized spacial score (nSPS) is 13.0. The summed E-state index contributed by atoms with van der Waals surface area (Å²) in [5, 5.41) is 4.06. The van der Waals surface area contributed by atoms with Crippen molar-refractivity contribution in [2.45, 2.75) is 25.6 Å². The van der Waals surface area contributed by atoms with Gasteiger partial charge in [0.1, 0.15) is 12.2 Å². The predicted molar refractivity (Wildman–Crippen MR) is 56.1 cm³/mol. The Labute approximate surface area is 86.2 Å². The van der Waals surface area contributed by atoms with Gasteiger partial charge in [-0.1, -0.05) is 6.92 Å². The summed E-state index contributed by atoms with van der Waals surface area (Å²) in [5.41, 5.74) is 5.32. The van der Waals surface area contributed by atoms with Crippen LogP contribution >= 0.6 is 0 Å². The first-order valence-corrected chi connectivity index (χ1v) is 6.18. The molecule has 0 aromatic carbocycles. The van der Waals surface area contributed by atoms with Crippen molar-refractivity contribution < 1.29 is 4.21 Å². The fourth-order valence-electron chi connectivity index (χ4n) is 1.15. The van der Waals surface area contributed by atoms with Crippen LogP contribution < -0.4 is 5.73 Å². The molecule has 80 valence electrons. The zero-order valence-corrected chi connectivity index (χ0v) is 9.16. The molecule has 0 aliphatic rings. The molecule has 0 fully saturated rings. The predicted octanol–water partition coefficient (Wildman–Crippen LogP) is -0.104. The van der Waals surface area contributed by atoms with Crippen LogP contribution in [0.4, 0.5) is 0 Å². The minimum absolute atomic E-state index is 0.453. The summed E-state index contributed by atoms with van der Waals surface area (Å²) in [6, 6.07) is 0. The van der Waals surface area contributed by atoms with Crippen molar-refractivity contribution in [1.29, 1.82) is 0 Å². The van der Waals surface area contributed by atoms with Crippen LogP contribution in [0, 0.1) is 0 Å². The second-order valence-electron chi connectivity index (χ2n) is 2.98. The van der Waals surface area contributed by atoms with Crippen LogP contribution in [0.5, 0.6) is 0 Å². The molecule has 0 amide bonds. The molecular weight excluding hydrogens is 200 g/mol. The van der Waals surface area contributed by atoms with Gasteiger partial charge in [-0.05, 0) is 6.42 Å². The SMILES string of the molecule is CCCn1ncnc1CS(=O)CCN. The summed E-state index contributed by atoms with van der Waals surface area (Å²) in [5.74, 6) is 1.77. The van der Waals surface area contributed by atoms with Crippen molar-refractivity contribution in [2.75, 3.05) is 12.3 Å². The lowest BCUT2D eigenvalue weighted by molar-refractivity contribution is 0.579. The molecule has 1 aromatic heterocycles. The van der Waals surface area contributed by atoms with Gasteiger partial charge in [0.15, 0.2) is 0 Å². The molecule has 1 atom stereocenters. The Hall–Kier alpha value is -0.750. The highest BCUT2D eigenvalue weighted by Crippen LogP contribution is 2.00. The number of aromatic nitrogens is 3.